The van der Waals surface area contributed by atoms with E-state index in [4.69, 9.17) is 4.74 Å². The Balaban J connectivity index is 1.92. The van der Waals surface area contributed by atoms with Crippen molar-refractivity contribution in [2.45, 2.75) is 6.92 Å². The number of aromatic hydroxyl groups is 2. The molecule has 25 heavy (non-hydrogen) atoms. The number of amides is 2. The molecule has 1 heterocycles. The first-order chi connectivity index (χ1) is 12.0. The van der Waals surface area contributed by atoms with Crippen molar-refractivity contribution in [2.75, 3.05) is 11.5 Å². The molecular formula is C18H15NO5S. The highest BCUT2D eigenvalue weighted by Crippen LogP contribution is 2.37. The lowest BCUT2D eigenvalue weighted by Gasteiger charge is -2.12. The zero-order valence-corrected chi connectivity index (χ0v) is 14.1. The van der Waals surface area contributed by atoms with Crippen LogP contribution in [0.1, 0.15) is 12.5 Å². The molecule has 7 heteroatoms. The number of hydrogen-bond donors (Lipinski definition) is 2. The first kappa shape index (κ1) is 16.9. The second-order valence-corrected chi connectivity index (χ2v) is 6.19. The van der Waals surface area contributed by atoms with E-state index >= 15 is 0 Å². The molecule has 1 aliphatic heterocycles. The molecule has 3 rings (SSSR count). The first-order valence-electron chi connectivity index (χ1n) is 7.52. The van der Waals surface area contributed by atoms with Crippen LogP contribution >= 0.6 is 11.8 Å². The Kier molecular flexibility index (Phi) is 4.67. The van der Waals surface area contributed by atoms with E-state index in [2.05, 4.69) is 0 Å². The summed E-state index contributed by atoms with van der Waals surface area (Å²) in [6.07, 6.45) is 1.57. The number of phenols is 2. The smallest absolute Gasteiger partial charge is 0.298 e. The average Bonchev–Trinajstić information content (AvgIpc) is 2.85. The van der Waals surface area contributed by atoms with Crippen molar-refractivity contribution in [3.05, 3.63) is 52.9 Å². The number of anilines is 1. The summed E-state index contributed by atoms with van der Waals surface area (Å²) in [7, 11) is 0. The third-order valence-corrected chi connectivity index (χ3v) is 4.33. The van der Waals surface area contributed by atoms with Gasteiger partial charge in [0.1, 0.15) is 5.75 Å². The van der Waals surface area contributed by atoms with Crippen molar-refractivity contribution in [1.29, 1.82) is 0 Å². The Morgan fingerprint density at radius 1 is 1.16 bits per heavy atom. The van der Waals surface area contributed by atoms with Crippen molar-refractivity contribution in [2.24, 2.45) is 0 Å². The molecule has 0 bridgehead atoms. The van der Waals surface area contributed by atoms with Crippen LogP contribution in [0.3, 0.4) is 0 Å². The number of rotatable bonds is 4. The second kappa shape index (κ2) is 6.90. The normalized spacial score (nSPS) is 15.9. The highest BCUT2D eigenvalue weighted by Gasteiger charge is 2.36. The Hall–Kier alpha value is -2.93. The van der Waals surface area contributed by atoms with Crippen LogP contribution in [0, 0.1) is 0 Å². The van der Waals surface area contributed by atoms with Gasteiger partial charge in [-0.15, -0.1) is 0 Å². The van der Waals surface area contributed by atoms with Gasteiger partial charge in [-0.3, -0.25) is 9.59 Å². The van der Waals surface area contributed by atoms with Crippen molar-refractivity contribution in [3.8, 4) is 17.2 Å². The summed E-state index contributed by atoms with van der Waals surface area (Å²) >= 11 is 0.814. The maximum atomic E-state index is 12.6. The fourth-order valence-electron chi connectivity index (χ4n) is 2.37. The molecule has 2 amide bonds. The summed E-state index contributed by atoms with van der Waals surface area (Å²) in [4.78, 5) is 26.0. The molecule has 0 spiro atoms. The molecule has 0 saturated carbocycles. The number of hydrogen-bond acceptors (Lipinski definition) is 6. The van der Waals surface area contributed by atoms with Crippen molar-refractivity contribution in [3.63, 3.8) is 0 Å². The number of phenolic OH excluding ortho intramolecular Hbond substituents is 2. The predicted octanol–water partition coefficient (Wildman–Crippen LogP) is 3.74. The van der Waals surface area contributed by atoms with Gasteiger partial charge in [-0.05, 0) is 54.6 Å². The lowest BCUT2D eigenvalue weighted by molar-refractivity contribution is -0.113. The highest BCUT2D eigenvalue weighted by molar-refractivity contribution is 8.19. The molecule has 1 fully saturated rings. The van der Waals surface area contributed by atoms with Gasteiger partial charge in [-0.25, -0.2) is 4.90 Å². The molecule has 0 aliphatic carbocycles. The van der Waals surface area contributed by atoms with E-state index in [0.29, 0.717) is 23.6 Å². The third-order valence-electron chi connectivity index (χ3n) is 3.46. The van der Waals surface area contributed by atoms with Crippen LogP contribution in [0.25, 0.3) is 6.08 Å². The van der Waals surface area contributed by atoms with E-state index in [1.807, 2.05) is 0 Å². The number of thioether (sulfide) groups is 1. The molecule has 1 saturated heterocycles. The van der Waals surface area contributed by atoms with E-state index < -0.39 is 11.1 Å². The summed E-state index contributed by atoms with van der Waals surface area (Å²) in [5, 5.41) is 18.8. The number of imide groups is 1. The minimum atomic E-state index is -0.466. The maximum Gasteiger partial charge on any atom is 0.298 e. The standard InChI is InChI=1S/C18H15NO5S/c1-2-24-15-8-11(6-7-14(15)21)9-16-17(22)19(18(23)25-16)12-4-3-5-13(20)10-12/h3-10,20-21H,2H2,1H3. The largest absolute Gasteiger partial charge is 0.508 e. The summed E-state index contributed by atoms with van der Waals surface area (Å²) < 4.78 is 5.32. The molecule has 1 aliphatic rings. The predicted molar refractivity (Wildman–Crippen MR) is 95.8 cm³/mol. The van der Waals surface area contributed by atoms with Crippen LogP contribution in [0.2, 0.25) is 0 Å². The molecule has 0 unspecified atom stereocenters. The SMILES string of the molecule is CCOc1cc(C=C2SC(=O)N(c3cccc(O)c3)C2=O)ccc1O. The van der Waals surface area contributed by atoms with Crippen LogP contribution in [0.4, 0.5) is 10.5 Å². The number of carbonyl (C=O) groups excluding carboxylic acids is 2. The van der Waals surface area contributed by atoms with E-state index in [0.717, 1.165) is 16.7 Å². The van der Waals surface area contributed by atoms with Gasteiger partial charge in [-0.1, -0.05) is 12.1 Å². The fraction of sp³-hybridized carbons (Fsp3) is 0.111. The van der Waals surface area contributed by atoms with Crippen LogP contribution in [-0.4, -0.2) is 28.0 Å². The Bertz CT molecular complexity index is 878. The number of carbonyl (C=O) groups is 2. The van der Waals surface area contributed by atoms with E-state index in [9.17, 15) is 19.8 Å². The van der Waals surface area contributed by atoms with Crippen molar-refractivity contribution in [1.82, 2.24) is 0 Å². The minimum absolute atomic E-state index is 0.00636. The minimum Gasteiger partial charge on any atom is -0.508 e. The topological polar surface area (TPSA) is 87.1 Å². The van der Waals surface area contributed by atoms with Gasteiger partial charge in [0.15, 0.2) is 11.5 Å². The zero-order chi connectivity index (χ0) is 18.0. The van der Waals surface area contributed by atoms with Gasteiger partial charge >= 0.3 is 0 Å². The van der Waals surface area contributed by atoms with Gasteiger partial charge in [0.2, 0.25) is 0 Å². The van der Waals surface area contributed by atoms with Gasteiger partial charge in [-0.2, -0.15) is 0 Å². The molecule has 6 nitrogen and oxygen atoms in total. The third kappa shape index (κ3) is 3.46. The summed E-state index contributed by atoms with van der Waals surface area (Å²) in [6.45, 7) is 2.19. The number of benzene rings is 2. The summed E-state index contributed by atoms with van der Waals surface area (Å²) in [5.74, 6) is -0.178. The van der Waals surface area contributed by atoms with Gasteiger partial charge in [0, 0.05) is 6.07 Å². The van der Waals surface area contributed by atoms with E-state index in [1.54, 1.807) is 37.3 Å². The summed E-state index contributed by atoms with van der Waals surface area (Å²) in [5.41, 5.74) is 0.939. The molecular weight excluding hydrogens is 342 g/mol. The van der Waals surface area contributed by atoms with Crippen LogP contribution < -0.4 is 9.64 Å². The van der Waals surface area contributed by atoms with Gasteiger partial charge < -0.3 is 14.9 Å². The molecule has 0 atom stereocenters. The first-order valence-corrected chi connectivity index (χ1v) is 8.34. The van der Waals surface area contributed by atoms with Crippen LogP contribution in [-0.2, 0) is 4.79 Å². The van der Waals surface area contributed by atoms with Gasteiger partial charge in [0.05, 0.1) is 17.2 Å². The van der Waals surface area contributed by atoms with Crippen LogP contribution in [0.15, 0.2) is 47.4 Å². The monoisotopic (exact) mass is 357 g/mol. The Labute approximate surface area is 148 Å². The van der Waals surface area contributed by atoms with Crippen molar-refractivity contribution < 1.29 is 24.5 Å². The summed E-state index contributed by atoms with van der Waals surface area (Å²) in [6, 6.07) is 10.6. The molecule has 0 aromatic heterocycles. The van der Waals surface area contributed by atoms with Gasteiger partial charge in [0.25, 0.3) is 11.1 Å². The van der Waals surface area contributed by atoms with Crippen molar-refractivity contribution >= 4 is 34.7 Å². The van der Waals surface area contributed by atoms with E-state index in [-0.39, 0.29) is 16.4 Å². The van der Waals surface area contributed by atoms with E-state index in [1.165, 1.54) is 18.2 Å². The Morgan fingerprint density at radius 3 is 2.68 bits per heavy atom. The number of nitrogens with zero attached hydrogens (tertiary/aromatic N) is 1. The zero-order valence-electron chi connectivity index (χ0n) is 13.3. The molecule has 0 radical (unpaired) electrons. The average molecular weight is 357 g/mol. The maximum absolute atomic E-state index is 12.6. The molecule has 2 aromatic carbocycles. The lowest BCUT2D eigenvalue weighted by Crippen LogP contribution is -2.27. The lowest BCUT2D eigenvalue weighted by atomic mass is 10.2. The fourth-order valence-corrected chi connectivity index (χ4v) is 3.21. The molecule has 2 aromatic rings. The molecule has 128 valence electrons. The second-order valence-electron chi connectivity index (χ2n) is 5.20. The molecule has 2 N–H and O–H groups in total. The van der Waals surface area contributed by atoms with Crippen LogP contribution in [0.5, 0.6) is 17.2 Å². The highest BCUT2D eigenvalue weighted by atomic mass is 32.2. The quantitative estimate of drug-likeness (QED) is 0.811. The Morgan fingerprint density at radius 2 is 1.96 bits per heavy atom. The number of ether oxygens (including phenoxy) is 1.